The van der Waals surface area contributed by atoms with Crippen LogP contribution in [0.2, 0.25) is 0 Å². The molecule has 7 heteroatoms. The average Bonchev–Trinajstić information content (AvgIpc) is 2.94. The van der Waals surface area contributed by atoms with Crippen LogP contribution in [0.25, 0.3) is 0 Å². The molecule has 4 aliphatic carbocycles. The number of carbonyl (C=O) groups excluding carboxylic acids is 4. The van der Waals surface area contributed by atoms with Gasteiger partial charge in [0, 0.05) is 31.1 Å². The SMILES string of the molecule is CC(=O)OCC(=O)[C@@]1(O)CC[C@H]2[C@@H]3CC[C@@H]4[C@@H](Br)C(=O)CC[C@]4(C)[C@H]3C(=O)C[C@@]21C. The largest absolute Gasteiger partial charge is 0.458 e. The smallest absolute Gasteiger partial charge is 0.303 e. The van der Waals surface area contributed by atoms with E-state index in [0.29, 0.717) is 19.3 Å². The highest BCUT2D eigenvalue weighted by atomic mass is 79.9. The normalized spacial score (nSPS) is 47.8. The van der Waals surface area contributed by atoms with Gasteiger partial charge >= 0.3 is 5.97 Å². The number of hydrogen-bond acceptors (Lipinski definition) is 6. The molecule has 0 spiro atoms. The monoisotopic (exact) mass is 482 g/mol. The number of rotatable bonds is 3. The lowest BCUT2D eigenvalue weighted by molar-refractivity contribution is -0.179. The maximum atomic E-state index is 13.6. The number of halogens is 1. The summed E-state index contributed by atoms with van der Waals surface area (Å²) in [7, 11) is 0. The van der Waals surface area contributed by atoms with Crippen LogP contribution < -0.4 is 0 Å². The van der Waals surface area contributed by atoms with E-state index < -0.39 is 29.4 Å². The first kappa shape index (κ1) is 22.1. The third-order valence-electron chi connectivity index (χ3n) is 9.22. The maximum absolute atomic E-state index is 13.6. The molecule has 0 aliphatic heterocycles. The van der Waals surface area contributed by atoms with Gasteiger partial charge in [-0.05, 0) is 55.3 Å². The van der Waals surface area contributed by atoms with Crippen LogP contribution in [-0.2, 0) is 23.9 Å². The van der Waals surface area contributed by atoms with Gasteiger partial charge in [0.25, 0.3) is 0 Å². The van der Waals surface area contributed by atoms with Crippen molar-refractivity contribution < 1.29 is 29.0 Å². The van der Waals surface area contributed by atoms with Gasteiger partial charge < -0.3 is 9.84 Å². The standard InChI is InChI=1S/C23H31BrO6/c1-12(25)30-11-18(28)23(29)9-6-14-13-4-5-15-20(24)16(26)7-8-21(15,2)19(13)17(27)10-22(14,23)3/h13-15,19-20,29H,4-11H2,1-3H3/t13-,14-,15+,19+,20+,21-,22-,23-/m0/s1. The topological polar surface area (TPSA) is 97.7 Å². The quantitative estimate of drug-likeness (QED) is 0.490. The molecule has 0 unspecified atom stereocenters. The summed E-state index contributed by atoms with van der Waals surface area (Å²) in [4.78, 5) is 49.7. The van der Waals surface area contributed by atoms with Gasteiger partial charge in [-0.2, -0.15) is 0 Å². The second-order valence-corrected chi connectivity index (χ2v) is 11.5. The molecule has 166 valence electrons. The molecule has 30 heavy (non-hydrogen) atoms. The van der Waals surface area contributed by atoms with Crippen LogP contribution in [-0.4, -0.2) is 45.5 Å². The van der Waals surface area contributed by atoms with Gasteiger partial charge in [-0.25, -0.2) is 0 Å². The minimum Gasteiger partial charge on any atom is -0.458 e. The van der Waals surface area contributed by atoms with Crippen molar-refractivity contribution in [3.8, 4) is 0 Å². The number of esters is 1. The Morgan fingerprint density at radius 2 is 1.80 bits per heavy atom. The van der Waals surface area contributed by atoms with Crippen molar-refractivity contribution in [1.29, 1.82) is 0 Å². The number of hydrogen-bond donors (Lipinski definition) is 1. The van der Waals surface area contributed by atoms with Crippen LogP contribution in [0.5, 0.6) is 0 Å². The van der Waals surface area contributed by atoms with Crippen LogP contribution in [0.1, 0.15) is 65.7 Å². The molecule has 4 aliphatic rings. The Labute approximate surface area is 185 Å². The fourth-order valence-corrected chi connectivity index (χ4v) is 8.76. The highest BCUT2D eigenvalue weighted by Crippen LogP contribution is 2.67. The molecule has 4 rings (SSSR count). The zero-order valence-corrected chi connectivity index (χ0v) is 19.5. The zero-order valence-electron chi connectivity index (χ0n) is 17.9. The van der Waals surface area contributed by atoms with Gasteiger partial charge in [-0.3, -0.25) is 19.2 Å². The van der Waals surface area contributed by atoms with E-state index in [1.165, 1.54) is 6.92 Å². The summed E-state index contributed by atoms with van der Waals surface area (Å²) in [6.07, 6.45) is 4.07. The Morgan fingerprint density at radius 3 is 2.47 bits per heavy atom. The Kier molecular flexibility index (Phi) is 5.33. The van der Waals surface area contributed by atoms with E-state index in [2.05, 4.69) is 22.9 Å². The van der Waals surface area contributed by atoms with E-state index in [0.717, 1.165) is 19.3 Å². The number of Topliss-reactive ketones (excluding diaryl/α,β-unsaturated/α-hetero) is 3. The van der Waals surface area contributed by atoms with Crippen molar-refractivity contribution in [3.05, 3.63) is 0 Å². The molecule has 0 aromatic rings. The molecule has 6 nitrogen and oxygen atoms in total. The van der Waals surface area contributed by atoms with Crippen LogP contribution in [0.3, 0.4) is 0 Å². The molecule has 0 amide bonds. The predicted molar refractivity (Wildman–Crippen MR) is 112 cm³/mol. The average molecular weight is 483 g/mol. The molecule has 8 atom stereocenters. The lowest BCUT2D eigenvalue weighted by Gasteiger charge is -2.60. The van der Waals surface area contributed by atoms with Crippen molar-refractivity contribution in [3.63, 3.8) is 0 Å². The van der Waals surface area contributed by atoms with Crippen molar-refractivity contribution in [2.24, 2.45) is 34.5 Å². The number of carbonyl (C=O) groups is 4. The number of aliphatic hydroxyl groups is 1. The third-order valence-corrected chi connectivity index (χ3v) is 10.4. The van der Waals surface area contributed by atoms with Gasteiger partial charge in [0.1, 0.15) is 17.2 Å². The van der Waals surface area contributed by atoms with E-state index in [1.807, 2.05) is 6.92 Å². The lowest BCUT2D eigenvalue weighted by atomic mass is 9.44. The summed E-state index contributed by atoms with van der Waals surface area (Å²) < 4.78 is 4.88. The zero-order chi connectivity index (χ0) is 22.1. The Balaban J connectivity index is 1.65. The van der Waals surface area contributed by atoms with Gasteiger partial charge in [0.2, 0.25) is 5.78 Å². The van der Waals surface area contributed by atoms with E-state index in [4.69, 9.17) is 4.74 Å². The van der Waals surface area contributed by atoms with Crippen LogP contribution >= 0.6 is 15.9 Å². The van der Waals surface area contributed by atoms with Crippen molar-refractivity contribution >= 4 is 39.2 Å². The molecule has 0 radical (unpaired) electrons. The summed E-state index contributed by atoms with van der Waals surface area (Å²) in [5.74, 6) is -0.522. The van der Waals surface area contributed by atoms with Crippen LogP contribution in [0, 0.1) is 34.5 Å². The first-order chi connectivity index (χ1) is 14.0. The Bertz CT molecular complexity index is 810. The van der Waals surface area contributed by atoms with Crippen molar-refractivity contribution in [2.75, 3.05) is 6.61 Å². The fourth-order valence-electron chi connectivity index (χ4n) is 7.66. The predicted octanol–water partition coefficient (Wildman–Crippen LogP) is 3.01. The first-order valence-corrected chi connectivity index (χ1v) is 12.0. The van der Waals surface area contributed by atoms with Crippen molar-refractivity contribution in [1.82, 2.24) is 0 Å². The second-order valence-electron chi connectivity index (χ2n) is 10.5. The number of fused-ring (bicyclic) bond motifs is 5. The molecule has 0 heterocycles. The molecule has 0 saturated heterocycles. The molecular weight excluding hydrogens is 452 g/mol. The molecule has 0 bridgehead atoms. The lowest BCUT2D eigenvalue weighted by Crippen LogP contribution is -2.63. The van der Waals surface area contributed by atoms with Gasteiger partial charge in [0.05, 0.1) is 4.83 Å². The highest BCUT2D eigenvalue weighted by molar-refractivity contribution is 9.10. The Hall–Kier alpha value is -1.08. The molecule has 0 aromatic heterocycles. The fraction of sp³-hybridized carbons (Fsp3) is 0.826. The minimum absolute atomic E-state index is 0.0654. The molecule has 4 saturated carbocycles. The number of alkyl halides is 1. The van der Waals surface area contributed by atoms with Gasteiger partial charge in [0.15, 0.2) is 6.61 Å². The van der Waals surface area contributed by atoms with E-state index >= 15 is 0 Å². The van der Waals surface area contributed by atoms with Crippen molar-refractivity contribution in [2.45, 2.75) is 76.1 Å². The third kappa shape index (κ3) is 2.90. The molecule has 4 fully saturated rings. The van der Waals surface area contributed by atoms with E-state index in [1.54, 1.807) is 0 Å². The highest BCUT2D eigenvalue weighted by Gasteiger charge is 2.69. The summed E-state index contributed by atoms with van der Waals surface area (Å²) in [5, 5.41) is 11.5. The number of ketones is 3. The van der Waals surface area contributed by atoms with Crippen LogP contribution in [0.15, 0.2) is 0 Å². The second kappa shape index (κ2) is 7.22. The molecule has 0 aromatic carbocycles. The first-order valence-electron chi connectivity index (χ1n) is 11.0. The molecule has 1 N–H and O–H groups in total. The van der Waals surface area contributed by atoms with E-state index in [9.17, 15) is 24.3 Å². The van der Waals surface area contributed by atoms with Crippen LogP contribution in [0.4, 0.5) is 0 Å². The molecular formula is C23H31BrO6. The van der Waals surface area contributed by atoms with Gasteiger partial charge in [-0.15, -0.1) is 0 Å². The summed E-state index contributed by atoms with van der Waals surface area (Å²) >= 11 is 3.61. The Morgan fingerprint density at radius 1 is 1.10 bits per heavy atom. The van der Waals surface area contributed by atoms with E-state index in [-0.39, 0.29) is 51.9 Å². The summed E-state index contributed by atoms with van der Waals surface area (Å²) in [5.41, 5.74) is -2.72. The number of ether oxygens (including phenoxy) is 1. The summed E-state index contributed by atoms with van der Waals surface area (Å²) in [6, 6.07) is 0. The summed E-state index contributed by atoms with van der Waals surface area (Å²) in [6.45, 7) is 4.82. The maximum Gasteiger partial charge on any atom is 0.303 e. The minimum atomic E-state index is -1.65. The van der Waals surface area contributed by atoms with Gasteiger partial charge in [-0.1, -0.05) is 29.8 Å².